The van der Waals surface area contributed by atoms with Crippen molar-refractivity contribution in [2.24, 2.45) is 0 Å². The second kappa shape index (κ2) is 6.85. The SMILES string of the molecule is C[C@H](NC(=O)CSc1cn[nH]c(=O)n1)c1ccccc1. The van der Waals surface area contributed by atoms with Gasteiger partial charge in [-0.15, -0.1) is 0 Å². The van der Waals surface area contributed by atoms with Crippen LogP contribution in [0, 0.1) is 0 Å². The van der Waals surface area contributed by atoms with Gasteiger partial charge < -0.3 is 5.32 Å². The van der Waals surface area contributed by atoms with Gasteiger partial charge in [-0.2, -0.15) is 10.1 Å². The number of hydrogen-bond donors (Lipinski definition) is 2. The lowest BCUT2D eigenvalue weighted by molar-refractivity contribution is -0.119. The highest BCUT2D eigenvalue weighted by Gasteiger charge is 2.10. The maximum absolute atomic E-state index is 11.8. The van der Waals surface area contributed by atoms with Crippen LogP contribution in [-0.4, -0.2) is 26.8 Å². The lowest BCUT2D eigenvalue weighted by Gasteiger charge is -2.13. The Bertz CT molecular complexity index is 630. The summed E-state index contributed by atoms with van der Waals surface area (Å²) in [7, 11) is 0. The van der Waals surface area contributed by atoms with Crippen LogP contribution >= 0.6 is 11.8 Å². The van der Waals surface area contributed by atoms with Gasteiger partial charge >= 0.3 is 5.69 Å². The van der Waals surface area contributed by atoms with Gasteiger partial charge in [0.05, 0.1) is 18.0 Å². The topological polar surface area (TPSA) is 87.7 Å². The maximum Gasteiger partial charge on any atom is 0.362 e. The van der Waals surface area contributed by atoms with Crippen molar-refractivity contribution in [2.45, 2.75) is 18.0 Å². The third-order valence-electron chi connectivity index (χ3n) is 2.58. The van der Waals surface area contributed by atoms with Crippen LogP contribution in [0.5, 0.6) is 0 Å². The predicted molar refractivity (Wildman–Crippen MR) is 76.4 cm³/mol. The predicted octanol–water partition coefficient (Wildman–Crippen LogP) is 1.13. The maximum atomic E-state index is 11.8. The summed E-state index contributed by atoms with van der Waals surface area (Å²) in [6, 6.07) is 9.65. The third-order valence-corrected chi connectivity index (χ3v) is 3.47. The number of rotatable bonds is 5. The van der Waals surface area contributed by atoms with Crippen LogP contribution in [0.2, 0.25) is 0 Å². The molecule has 1 aromatic heterocycles. The van der Waals surface area contributed by atoms with E-state index in [2.05, 4.69) is 20.5 Å². The summed E-state index contributed by atoms with van der Waals surface area (Å²) < 4.78 is 0. The molecule has 1 heterocycles. The van der Waals surface area contributed by atoms with Gasteiger partial charge in [-0.1, -0.05) is 42.1 Å². The summed E-state index contributed by atoms with van der Waals surface area (Å²) in [5.74, 6) is 0.0726. The van der Waals surface area contributed by atoms with E-state index in [0.29, 0.717) is 5.03 Å². The number of thioether (sulfide) groups is 1. The van der Waals surface area contributed by atoms with Gasteiger partial charge in [-0.3, -0.25) is 4.79 Å². The number of H-pyrrole nitrogens is 1. The minimum Gasteiger partial charge on any atom is -0.349 e. The summed E-state index contributed by atoms with van der Waals surface area (Å²) in [5, 5.41) is 9.11. The molecule has 0 aliphatic rings. The molecule has 6 nitrogen and oxygen atoms in total. The number of carbonyl (C=O) groups is 1. The van der Waals surface area contributed by atoms with Gasteiger partial charge in [0.15, 0.2) is 0 Å². The van der Waals surface area contributed by atoms with Gasteiger partial charge in [-0.25, -0.2) is 9.89 Å². The highest BCUT2D eigenvalue weighted by atomic mass is 32.2. The van der Waals surface area contributed by atoms with Gasteiger partial charge in [0.2, 0.25) is 5.91 Å². The summed E-state index contributed by atoms with van der Waals surface area (Å²) in [5.41, 5.74) is 0.523. The zero-order valence-corrected chi connectivity index (χ0v) is 11.7. The Morgan fingerprint density at radius 3 is 2.85 bits per heavy atom. The molecule has 2 rings (SSSR count). The van der Waals surface area contributed by atoms with Crippen molar-refractivity contribution in [1.82, 2.24) is 20.5 Å². The molecule has 7 heteroatoms. The number of carbonyl (C=O) groups excluding carboxylic acids is 1. The molecule has 0 aliphatic carbocycles. The highest BCUT2D eigenvalue weighted by molar-refractivity contribution is 7.99. The molecule has 20 heavy (non-hydrogen) atoms. The number of benzene rings is 1. The van der Waals surface area contributed by atoms with E-state index >= 15 is 0 Å². The van der Waals surface area contributed by atoms with Gasteiger partial charge in [0, 0.05) is 0 Å². The molecule has 2 N–H and O–H groups in total. The molecular formula is C13H14N4O2S. The standard InChI is InChI=1S/C13H14N4O2S/c1-9(10-5-3-2-4-6-10)15-11(18)8-20-12-7-14-17-13(19)16-12/h2-7,9H,8H2,1H3,(H,15,18)(H,16,17,19)/t9-/m0/s1. The summed E-state index contributed by atoms with van der Waals surface area (Å²) in [6.45, 7) is 1.92. The molecule has 0 radical (unpaired) electrons. The fraction of sp³-hybridized carbons (Fsp3) is 0.231. The minimum absolute atomic E-state index is 0.0606. The van der Waals surface area contributed by atoms with Crippen molar-refractivity contribution in [3.05, 3.63) is 52.6 Å². The lowest BCUT2D eigenvalue weighted by Crippen LogP contribution is -2.28. The number of nitrogens with one attached hydrogen (secondary N) is 2. The van der Waals surface area contributed by atoms with Crippen molar-refractivity contribution in [3.8, 4) is 0 Å². The van der Waals surface area contributed by atoms with E-state index < -0.39 is 5.69 Å². The molecule has 0 saturated heterocycles. The molecule has 1 atom stereocenters. The van der Waals surface area contributed by atoms with E-state index in [1.807, 2.05) is 37.3 Å². The quantitative estimate of drug-likeness (QED) is 0.806. The van der Waals surface area contributed by atoms with Gasteiger partial charge in [0.1, 0.15) is 5.03 Å². The number of aromatic nitrogens is 3. The third kappa shape index (κ3) is 4.20. The molecule has 104 valence electrons. The summed E-state index contributed by atoms with van der Waals surface area (Å²) >= 11 is 1.17. The van der Waals surface area contributed by atoms with Crippen LogP contribution in [0.3, 0.4) is 0 Å². The molecule has 0 saturated carbocycles. The van der Waals surface area contributed by atoms with Crippen molar-refractivity contribution < 1.29 is 4.79 Å². The Hall–Kier alpha value is -2.15. The van der Waals surface area contributed by atoms with Crippen LogP contribution in [-0.2, 0) is 4.79 Å². The lowest BCUT2D eigenvalue weighted by atomic mass is 10.1. The molecule has 0 fully saturated rings. The molecule has 0 bridgehead atoms. The Balaban J connectivity index is 1.85. The van der Waals surface area contributed by atoms with Crippen LogP contribution in [0.25, 0.3) is 0 Å². The summed E-state index contributed by atoms with van der Waals surface area (Å²) in [6.07, 6.45) is 1.42. The average Bonchev–Trinajstić information content (AvgIpc) is 2.46. The smallest absolute Gasteiger partial charge is 0.349 e. The Kier molecular flexibility index (Phi) is 4.89. The first-order valence-corrected chi connectivity index (χ1v) is 7.02. The minimum atomic E-state index is -0.520. The molecule has 0 unspecified atom stereocenters. The molecule has 1 aromatic carbocycles. The van der Waals surface area contributed by atoms with Gasteiger partial charge in [0.25, 0.3) is 0 Å². The second-order valence-electron chi connectivity index (χ2n) is 4.11. The van der Waals surface area contributed by atoms with Crippen molar-refractivity contribution >= 4 is 17.7 Å². The number of hydrogen-bond acceptors (Lipinski definition) is 5. The van der Waals surface area contributed by atoms with E-state index in [1.54, 1.807) is 0 Å². The van der Waals surface area contributed by atoms with Crippen LogP contribution < -0.4 is 11.0 Å². The first-order chi connectivity index (χ1) is 9.65. The Morgan fingerprint density at radius 2 is 2.15 bits per heavy atom. The van der Waals surface area contributed by atoms with E-state index in [1.165, 1.54) is 18.0 Å². The van der Waals surface area contributed by atoms with Crippen LogP contribution in [0.1, 0.15) is 18.5 Å². The highest BCUT2D eigenvalue weighted by Crippen LogP contribution is 2.14. The van der Waals surface area contributed by atoms with Crippen molar-refractivity contribution in [2.75, 3.05) is 5.75 Å². The monoisotopic (exact) mass is 290 g/mol. The molecule has 1 amide bonds. The molecular weight excluding hydrogens is 276 g/mol. The molecule has 0 aliphatic heterocycles. The number of nitrogens with zero attached hydrogens (tertiary/aromatic N) is 2. The first kappa shape index (κ1) is 14.3. The molecule has 2 aromatic rings. The Labute approximate surface area is 120 Å². The van der Waals surface area contributed by atoms with E-state index in [0.717, 1.165) is 5.56 Å². The second-order valence-corrected chi connectivity index (χ2v) is 5.11. The van der Waals surface area contributed by atoms with E-state index in [-0.39, 0.29) is 17.7 Å². The number of aromatic amines is 1. The zero-order chi connectivity index (χ0) is 14.4. The van der Waals surface area contributed by atoms with Crippen LogP contribution in [0.15, 0.2) is 46.3 Å². The summed E-state index contributed by atoms with van der Waals surface area (Å²) in [4.78, 5) is 26.5. The largest absolute Gasteiger partial charge is 0.362 e. The fourth-order valence-corrected chi connectivity index (χ4v) is 2.25. The van der Waals surface area contributed by atoms with Gasteiger partial charge in [-0.05, 0) is 12.5 Å². The fourth-order valence-electron chi connectivity index (χ4n) is 1.61. The van der Waals surface area contributed by atoms with E-state index in [9.17, 15) is 9.59 Å². The zero-order valence-electron chi connectivity index (χ0n) is 10.9. The van der Waals surface area contributed by atoms with Crippen LogP contribution in [0.4, 0.5) is 0 Å². The first-order valence-electron chi connectivity index (χ1n) is 6.04. The Morgan fingerprint density at radius 1 is 1.40 bits per heavy atom. The van der Waals surface area contributed by atoms with Crippen molar-refractivity contribution in [1.29, 1.82) is 0 Å². The van der Waals surface area contributed by atoms with Crippen molar-refractivity contribution in [3.63, 3.8) is 0 Å². The molecule has 0 spiro atoms. The average molecular weight is 290 g/mol. The van der Waals surface area contributed by atoms with E-state index in [4.69, 9.17) is 0 Å². The normalized spacial score (nSPS) is 11.8. The number of amides is 1.